The maximum absolute atomic E-state index is 11.1. The molecule has 0 saturated heterocycles. The number of nitro groups is 2. The van der Waals surface area contributed by atoms with Crippen LogP contribution in [-0.2, 0) is 10.1 Å². The molecule has 0 fully saturated rings. The van der Waals surface area contributed by atoms with Crippen LogP contribution in [0.3, 0.4) is 0 Å². The first kappa shape index (κ1) is 23.6. The van der Waals surface area contributed by atoms with Gasteiger partial charge >= 0.3 is 0 Å². The zero-order chi connectivity index (χ0) is 24.0. The molecular formula is C21H20N4O7S. The molecule has 2 N–H and O–H groups in total. The van der Waals surface area contributed by atoms with Crippen molar-refractivity contribution in [1.82, 2.24) is 0 Å². The Kier molecular flexibility index (Phi) is 7.20. The third-order valence-corrected chi connectivity index (χ3v) is 5.49. The van der Waals surface area contributed by atoms with Gasteiger partial charge in [0.1, 0.15) is 0 Å². The standard InChI is InChI=1S/C21H20N4O7S/c26-24(27)19-7-5-16(6-8-19)22-17-3-1-4-21(15-17)23(13-2-14-33(30,31)32)18-9-11-20(12-10-18)25(28)29/h1,3-12,15,22H,2,13-14H2,(H,30,31,32). The van der Waals surface area contributed by atoms with Crippen LogP contribution in [0.1, 0.15) is 6.42 Å². The molecular weight excluding hydrogens is 452 g/mol. The quantitative estimate of drug-likeness (QED) is 0.243. The number of nitrogens with zero attached hydrogens (tertiary/aromatic N) is 3. The zero-order valence-corrected chi connectivity index (χ0v) is 18.0. The number of benzene rings is 3. The topological polar surface area (TPSA) is 156 Å². The third kappa shape index (κ3) is 6.72. The van der Waals surface area contributed by atoms with Gasteiger partial charge in [0.2, 0.25) is 0 Å². The molecule has 0 unspecified atom stereocenters. The van der Waals surface area contributed by atoms with Gasteiger partial charge in [0.25, 0.3) is 21.5 Å². The lowest BCUT2D eigenvalue weighted by atomic mass is 10.2. The number of hydrogen-bond donors (Lipinski definition) is 2. The third-order valence-electron chi connectivity index (χ3n) is 4.68. The second kappa shape index (κ2) is 10.1. The van der Waals surface area contributed by atoms with E-state index < -0.39 is 25.7 Å². The van der Waals surface area contributed by atoms with Crippen molar-refractivity contribution in [3.05, 3.63) is 93.0 Å². The number of non-ortho nitro benzene ring substituents is 2. The summed E-state index contributed by atoms with van der Waals surface area (Å²) in [4.78, 5) is 22.6. The Balaban J connectivity index is 1.87. The number of rotatable bonds is 10. The predicted octanol–water partition coefficient (Wildman–Crippen LogP) is 4.66. The second-order valence-corrected chi connectivity index (χ2v) is 8.62. The Labute approximate surface area is 189 Å². The van der Waals surface area contributed by atoms with E-state index >= 15 is 0 Å². The van der Waals surface area contributed by atoms with Crippen molar-refractivity contribution < 1.29 is 22.8 Å². The molecule has 172 valence electrons. The van der Waals surface area contributed by atoms with Crippen molar-refractivity contribution in [2.75, 3.05) is 22.5 Å². The fourth-order valence-corrected chi connectivity index (χ4v) is 3.65. The van der Waals surface area contributed by atoms with Crippen LogP contribution in [0, 0.1) is 20.2 Å². The molecule has 0 heterocycles. The van der Waals surface area contributed by atoms with E-state index in [9.17, 15) is 28.6 Å². The van der Waals surface area contributed by atoms with E-state index in [0.717, 1.165) is 0 Å². The van der Waals surface area contributed by atoms with Crippen molar-refractivity contribution in [2.45, 2.75) is 6.42 Å². The first-order chi connectivity index (χ1) is 15.6. The highest BCUT2D eigenvalue weighted by Crippen LogP contribution is 2.30. The van der Waals surface area contributed by atoms with E-state index in [1.165, 1.54) is 24.3 Å². The molecule has 3 rings (SSSR count). The Morgan fingerprint density at radius 2 is 1.39 bits per heavy atom. The van der Waals surface area contributed by atoms with Crippen molar-refractivity contribution in [1.29, 1.82) is 0 Å². The highest BCUT2D eigenvalue weighted by Gasteiger charge is 2.14. The molecule has 0 radical (unpaired) electrons. The number of nitrogens with one attached hydrogen (secondary N) is 1. The summed E-state index contributed by atoms with van der Waals surface area (Å²) < 4.78 is 31.3. The fraction of sp³-hybridized carbons (Fsp3) is 0.143. The van der Waals surface area contributed by atoms with Crippen LogP contribution in [0.25, 0.3) is 0 Å². The van der Waals surface area contributed by atoms with Gasteiger partial charge in [-0.1, -0.05) is 6.07 Å². The molecule has 0 aliphatic rings. The molecule has 12 heteroatoms. The highest BCUT2D eigenvalue weighted by atomic mass is 32.2. The number of anilines is 4. The predicted molar refractivity (Wildman–Crippen MR) is 124 cm³/mol. The molecule has 3 aromatic carbocycles. The lowest BCUT2D eigenvalue weighted by molar-refractivity contribution is -0.385. The first-order valence-corrected chi connectivity index (χ1v) is 11.3. The zero-order valence-electron chi connectivity index (χ0n) is 17.2. The number of nitro benzene ring substituents is 2. The summed E-state index contributed by atoms with van der Waals surface area (Å²) in [6, 6.07) is 18.9. The van der Waals surface area contributed by atoms with Crippen LogP contribution >= 0.6 is 0 Å². The minimum absolute atomic E-state index is 0.0301. The summed E-state index contributed by atoms with van der Waals surface area (Å²) in [7, 11) is -4.14. The van der Waals surface area contributed by atoms with Crippen LogP contribution in [0.15, 0.2) is 72.8 Å². The van der Waals surface area contributed by atoms with Gasteiger partial charge < -0.3 is 10.2 Å². The highest BCUT2D eigenvalue weighted by molar-refractivity contribution is 7.85. The summed E-state index contributed by atoms with van der Waals surface area (Å²) in [6.45, 7) is 0.221. The maximum atomic E-state index is 11.1. The summed E-state index contributed by atoms with van der Waals surface area (Å²) in [5.74, 6) is -0.433. The van der Waals surface area contributed by atoms with E-state index in [-0.39, 0.29) is 24.3 Å². The SMILES string of the molecule is O=[N+]([O-])c1ccc(Nc2cccc(N(CCCS(=O)(=O)O)c3ccc([N+](=O)[O-])cc3)c2)cc1. The van der Waals surface area contributed by atoms with E-state index in [1.54, 1.807) is 53.4 Å². The lowest BCUT2D eigenvalue weighted by Gasteiger charge is -2.25. The molecule has 0 aliphatic carbocycles. The Bertz CT molecular complexity index is 1250. The smallest absolute Gasteiger partial charge is 0.269 e. The van der Waals surface area contributed by atoms with Crippen LogP contribution in [0.5, 0.6) is 0 Å². The minimum atomic E-state index is -4.14. The number of hydrogen-bond acceptors (Lipinski definition) is 8. The first-order valence-electron chi connectivity index (χ1n) is 9.71. The largest absolute Gasteiger partial charge is 0.355 e. The van der Waals surface area contributed by atoms with Gasteiger partial charge in [0.05, 0.1) is 15.6 Å². The van der Waals surface area contributed by atoms with Crippen molar-refractivity contribution >= 4 is 44.2 Å². The monoisotopic (exact) mass is 472 g/mol. The Morgan fingerprint density at radius 1 is 0.818 bits per heavy atom. The second-order valence-electron chi connectivity index (χ2n) is 7.04. The summed E-state index contributed by atoms with van der Waals surface area (Å²) in [5, 5.41) is 24.9. The van der Waals surface area contributed by atoms with Crippen LogP contribution in [0.4, 0.5) is 34.1 Å². The summed E-state index contributed by atoms with van der Waals surface area (Å²) in [5.41, 5.74) is 2.46. The Morgan fingerprint density at radius 3 is 1.94 bits per heavy atom. The van der Waals surface area contributed by atoms with E-state index in [0.29, 0.717) is 22.7 Å². The lowest BCUT2D eigenvalue weighted by Crippen LogP contribution is -2.21. The van der Waals surface area contributed by atoms with E-state index in [1.807, 2.05) is 0 Å². The molecule has 33 heavy (non-hydrogen) atoms. The van der Waals surface area contributed by atoms with Gasteiger partial charge in [0, 0.05) is 53.6 Å². The molecule has 0 amide bonds. The normalized spacial score (nSPS) is 11.1. The molecule has 3 aromatic rings. The average Bonchev–Trinajstić information content (AvgIpc) is 2.77. The van der Waals surface area contributed by atoms with Crippen LogP contribution < -0.4 is 10.2 Å². The molecule has 0 spiro atoms. The van der Waals surface area contributed by atoms with Crippen molar-refractivity contribution in [2.24, 2.45) is 0 Å². The molecule has 0 saturated carbocycles. The Hall–Kier alpha value is -4.03. The van der Waals surface area contributed by atoms with Gasteiger partial charge in [-0.15, -0.1) is 0 Å². The molecule has 0 bridgehead atoms. The summed E-state index contributed by atoms with van der Waals surface area (Å²) in [6.07, 6.45) is 0.121. The average molecular weight is 472 g/mol. The van der Waals surface area contributed by atoms with Gasteiger partial charge in [-0.3, -0.25) is 24.8 Å². The molecule has 0 aliphatic heterocycles. The summed E-state index contributed by atoms with van der Waals surface area (Å²) >= 11 is 0. The van der Waals surface area contributed by atoms with E-state index in [4.69, 9.17) is 4.55 Å². The van der Waals surface area contributed by atoms with Gasteiger partial charge in [-0.05, 0) is 48.9 Å². The van der Waals surface area contributed by atoms with Crippen LogP contribution in [0.2, 0.25) is 0 Å². The van der Waals surface area contributed by atoms with Gasteiger partial charge in [-0.25, -0.2) is 0 Å². The minimum Gasteiger partial charge on any atom is -0.355 e. The molecule has 11 nitrogen and oxygen atoms in total. The van der Waals surface area contributed by atoms with Crippen molar-refractivity contribution in [3.63, 3.8) is 0 Å². The van der Waals surface area contributed by atoms with E-state index in [2.05, 4.69) is 5.32 Å². The van der Waals surface area contributed by atoms with Gasteiger partial charge in [0.15, 0.2) is 0 Å². The van der Waals surface area contributed by atoms with Gasteiger partial charge in [-0.2, -0.15) is 8.42 Å². The fourth-order valence-electron chi connectivity index (χ4n) is 3.15. The molecule has 0 aromatic heterocycles. The maximum Gasteiger partial charge on any atom is 0.269 e. The van der Waals surface area contributed by atoms with Crippen molar-refractivity contribution in [3.8, 4) is 0 Å². The molecule has 0 atom stereocenters. The van der Waals surface area contributed by atoms with Crippen LogP contribution in [-0.4, -0.2) is 35.1 Å².